The Morgan fingerprint density at radius 3 is 1.76 bits per heavy atom. The second-order valence-electron chi connectivity index (χ2n) is 30.5. The Labute approximate surface area is 607 Å². The van der Waals surface area contributed by atoms with Crippen LogP contribution in [0.5, 0.6) is 0 Å². The molecule has 1 spiro atoms. The van der Waals surface area contributed by atoms with Crippen LogP contribution < -0.4 is 16.0 Å². The van der Waals surface area contributed by atoms with Crippen molar-refractivity contribution >= 4 is 65.0 Å². The van der Waals surface area contributed by atoms with E-state index >= 15 is 37.5 Å². The molecule has 31 heteroatoms. The van der Waals surface area contributed by atoms with Gasteiger partial charge < -0.3 is 59.9 Å². The van der Waals surface area contributed by atoms with E-state index in [1.807, 2.05) is 27.7 Å². The Balaban J connectivity index is 1.46. The van der Waals surface area contributed by atoms with Gasteiger partial charge in [0.15, 0.2) is 0 Å². The van der Waals surface area contributed by atoms with E-state index in [9.17, 15) is 50.3 Å². The number of hydrogen-bond acceptors (Lipinski definition) is 12. The molecule has 3 aliphatic heterocycles. The third-order valence-corrected chi connectivity index (χ3v) is 23.3. The lowest BCUT2D eigenvalue weighted by Crippen LogP contribution is -2.68. The van der Waals surface area contributed by atoms with E-state index in [1.54, 1.807) is 39.8 Å². The zero-order valence-electron chi connectivity index (χ0n) is 63.2. The third kappa shape index (κ3) is 20.7. The molecule has 3 N–H and O–H groups in total. The standard InChI is InChI=1S/C73H115F8N11O12/c1-15-43(8)61-68(101)86(10)41-59(95)88(12)53-24-21-20-22-33-91(67(53)100)56(36-44-25-28-47(29-26-44)72(76,77)78)66(99)85(9)40-57(93)82-51(30-27-45-34-49(74)60(50(75)35-45)73(79,80)81)65(98)92-39-48(104-19-5)37-55(92)64(97)84-71(31-23-32-71)70(103)90(14)62(46(16-2)17-3)69(102)89(13)54(42(6)7)38-58(94)87(11)52(18-4)63(96)83-61/h20-21,42-56,60-62H,15-19,22-41H2,1-14H3,(H,82,93)(H,83,96)(H,84,97)/b21-20-/t43-,44?,45?,47?,48+,49?,50?,51-,52-,53-,54+,55-,56-,60?,61-,62-/m0/s1. The van der Waals surface area contributed by atoms with Crippen LogP contribution in [-0.4, -0.2) is 264 Å². The normalized spacial score (nSPS) is 31.9. The Hall–Kier alpha value is -6.69. The molecule has 590 valence electrons. The topological polar surface area (TPSA) is 259 Å². The average Bonchev–Trinajstić information content (AvgIpc) is 1.16. The molecule has 11 amide bonds. The number of amides is 11. The van der Waals surface area contributed by atoms with Crippen molar-refractivity contribution in [3.63, 3.8) is 0 Å². The van der Waals surface area contributed by atoms with Crippen molar-refractivity contribution in [1.29, 1.82) is 0 Å². The maximum Gasteiger partial charge on any atom is 0.397 e. The summed E-state index contributed by atoms with van der Waals surface area (Å²) in [5.41, 5.74) is -1.63. The number of fused-ring (bicyclic) bond motifs is 3. The zero-order valence-corrected chi connectivity index (χ0v) is 63.2. The Morgan fingerprint density at radius 2 is 1.22 bits per heavy atom. The average molecular weight is 1490 g/mol. The van der Waals surface area contributed by atoms with Crippen molar-refractivity contribution in [1.82, 2.24) is 55.1 Å². The highest BCUT2D eigenvalue weighted by atomic mass is 19.4. The number of alkyl halides is 8. The first-order valence-electron chi connectivity index (χ1n) is 37.5. The number of likely N-dealkylation sites (N-methyl/N-ethyl adjacent to an activating group) is 6. The van der Waals surface area contributed by atoms with Crippen LogP contribution in [-0.2, 0) is 57.5 Å². The molecule has 6 aliphatic rings. The van der Waals surface area contributed by atoms with Crippen molar-refractivity contribution in [2.45, 2.75) is 268 Å². The van der Waals surface area contributed by atoms with E-state index in [0.29, 0.717) is 25.7 Å². The fraction of sp³-hybridized carbons (Fsp3) is 0.822. The summed E-state index contributed by atoms with van der Waals surface area (Å²) < 4.78 is 121. The van der Waals surface area contributed by atoms with Crippen molar-refractivity contribution in [3.8, 4) is 0 Å². The van der Waals surface area contributed by atoms with Crippen molar-refractivity contribution in [3.05, 3.63) is 12.2 Å². The number of hydrogen-bond donors (Lipinski definition) is 3. The second kappa shape index (κ2) is 37.2. The fourth-order valence-corrected chi connectivity index (χ4v) is 16.4. The van der Waals surface area contributed by atoms with Gasteiger partial charge in [-0.3, -0.25) is 52.7 Å². The monoisotopic (exact) mass is 1490 g/mol. The molecule has 23 nitrogen and oxygen atoms in total. The summed E-state index contributed by atoms with van der Waals surface area (Å²) in [6.45, 7) is 12.5. The predicted octanol–water partition coefficient (Wildman–Crippen LogP) is 7.53. The highest BCUT2D eigenvalue weighted by Crippen LogP contribution is 2.45. The van der Waals surface area contributed by atoms with E-state index in [2.05, 4.69) is 16.0 Å². The molecule has 3 aliphatic carbocycles. The van der Waals surface area contributed by atoms with Crippen molar-refractivity contribution in [2.24, 2.45) is 41.4 Å². The molecule has 2 saturated heterocycles. The van der Waals surface area contributed by atoms with Gasteiger partial charge in [-0.15, -0.1) is 0 Å². The number of halogens is 8. The van der Waals surface area contributed by atoms with Gasteiger partial charge in [0.25, 0.3) is 0 Å². The largest absolute Gasteiger partial charge is 0.397 e. The number of carbonyl (C=O) groups is 11. The Kier molecular flexibility index (Phi) is 30.9. The summed E-state index contributed by atoms with van der Waals surface area (Å²) in [6, 6.07) is -10.2. The molecule has 0 aromatic heterocycles. The van der Waals surface area contributed by atoms with E-state index in [-0.39, 0.29) is 109 Å². The van der Waals surface area contributed by atoms with Gasteiger partial charge in [0.2, 0.25) is 65.0 Å². The molecule has 0 aromatic rings. The van der Waals surface area contributed by atoms with Gasteiger partial charge in [-0.2, -0.15) is 26.3 Å². The summed E-state index contributed by atoms with van der Waals surface area (Å²) in [6.07, 6.45) is -13.8. The Bertz CT molecular complexity index is 3030. The number of nitrogens with zero attached hydrogens (tertiary/aromatic N) is 8. The van der Waals surface area contributed by atoms with Gasteiger partial charge in [0.05, 0.1) is 25.1 Å². The molecule has 6 rings (SSSR count). The van der Waals surface area contributed by atoms with Crippen LogP contribution in [0.3, 0.4) is 0 Å². The van der Waals surface area contributed by atoms with E-state index < -0.39 is 218 Å². The number of nitrogens with one attached hydrogen (secondary N) is 3. The van der Waals surface area contributed by atoms with Crippen LogP contribution in [0, 0.1) is 41.4 Å². The molecule has 12 atom stereocenters. The van der Waals surface area contributed by atoms with Crippen LogP contribution in [0.1, 0.15) is 184 Å². The molecular weight excluding hydrogens is 1370 g/mol. The molecule has 3 saturated carbocycles. The van der Waals surface area contributed by atoms with Crippen molar-refractivity contribution in [2.75, 3.05) is 75.1 Å². The van der Waals surface area contributed by atoms with Crippen LogP contribution in [0.15, 0.2) is 12.2 Å². The second-order valence-corrected chi connectivity index (χ2v) is 30.5. The van der Waals surface area contributed by atoms with E-state index in [1.165, 1.54) is 61.9 Å². The SMILES string of the molecule is CCO[C@@H]1C[C@H]2C(=O)NC3(CCC3)C(=O)N(C)[C@@H](C(CC)CC)C(=O)N(C)[C@@H](C(C)C)CC(=O)N(C)[C@@H](CC)C(=O)N[C@@H]([C@@H](C)CC)C(=O)N(C)CC(=O)N(C)[C@H]3C/C=C\CCN(C3=O)[C@@H](CC3CCC(C(F)(F)F)CC3)C(=O)N(C)CC(=O)N[C@@H](CCC3CC(F)C(C(F)(F)F)C(F)C3)C(=O)N2C1. The van der Waals surface area contributed by atoms with Crippen LogP contribution in [0.2, 0.25) is 0 Å². The van der Waals surface area contributed by atoms with Crippen LogP contribution in [0.25, 0.3) is 0 Å². The maximum absolute atomic E-state index is 15.5. The quantitative estimate of drug-likeness (QED) is 0.113. The highest BCUT2D eigenvalue weighted by Gasteiger charge is 2.56. The summed E-state index contributed by atoms with van der Waals surface area (Å²) >= 11 is 0. The molecular formula is C73H115F8N11O12. The maximum atomic E-state index is 15.5. The smallest absolute Gasteiger partial charge is 0.377 e. The lowest BCUT2D eigenvalue weighted by molar-refractivity contribution is -0.219. The van der Waals surface area contributed by atoms with Crippen molar-refractivity contribution < 1.29 is 92.6 Å². The van der Waals surface area contributed by atoms with E-state index in [0.717, 1.165) is 19.6 Å². The first-order valence-corrected chi connectivity index (χ1v) is 37.5. The lowest BCUT2D eigenvalue weighted by Gasteiger charge is -2.47. The van der Waals surface area contributed by atoms with Crippen LogP contribution in [0.4, 0.5) is 35.1 Å². The minimum absolute atomic E-state index is 0.00655. The molecule has 5 fully saturated rings. The number of carbonyl (C=O) groups excluding carboxylic acids is 11. The van der Waals surface area contributed by atoms with Crippen LogP contribution >= 0.6 is 0 Å². The minimum atomic E-state index is -5.20. The molecule has 3 heterocycles. The minimum Gasteiger partial charge on any atom is -0.377 e. The zero-order chi connectivity index (χ0) is 77.8. The van der Waals surface area contributed by atoms with E-state index in [4.69, 9.17) is 4.74 Å². The molecule has 2 bridgehead atoms. The lowest BCUT2D eigenvalue weighted by atomic mass is 9.74. The summed E-state index contributed by atoms with van der Waals surface area (Å²) in [4.78, 5) is 175. The first kappa shape index (κ1) is 86.2. The molecule has 2 unspecified atom stereocenters. The van der Waals surface area contributed by atoms with Gasteiger partial charge in [-0.25, -0.2) is 8.78 Å². The molecule has 0 radical (unpaired) electrons. The third-order valence-electron chi connectivity index (χ3n) is 23.3. The summed E-state index contributed by atoms with van der Waals surface area (Å²) in [5, 5.41) is 8.43. The van der Waals surface area contributed by atoms with Gasteiger partial charge in [0, 0.05) is 80.9 Å². The Morgan fingerprint density at radius 1 is 0.606 bits per heavy atom. The predicted molar refractivity (Wildman–Crippen MR) is 370 cm³/mol. The fourth-order valence-electron chi connectivity index (χ4n) is 16.4. The summed E-state index contributed by atoms with van der Waals surface area (Å²) in [5.74, 6) is -15.6. The number of rotatable bonds is 14. The summed E-state index contributed by atoms with van der Waals surface area (Å²) in [7, 11) is 8.35. The highest BCUT2D eigenvalue weighted by molar-refractivity contribution is 6.00. The van der Waals surface area contributed by atoms with Gasteiger partial charge in [-0.05, 0) is 133 Å². The van der Waals surface area contributed by atoms with Gasteiger partial charge >= 0.3 is 12.4 Å². The van der Waals surface area contributed by atoms with Gasteiger partial charge in [-0.1, -0.05) is 79.9 Å². The molecule has 104 heavy (non-hydrogen) atoms. The number of ether oxygens (including phenoxy) is 1. The van der Waals surface area contributed by atoms with Gasteiger partial charge in [0.1, 0.15) is 66.1 Å². The molecule has 0 aromatic carbocycles. The first-order chi connectivity index (χ1) is 48.7.